The van der Waals surface area contributed by atoms with Crippen molar-refractivity contribution in [2.45, 2.75) is 94.9 Å². The highest BCUT2D eigenvalue weighted by atomic mass is 16.1. The van der Waals surface area contributed by atoms with Gasteiger partial charge >= 0.3 is 0 Å². The van der Waals surface area contributed by atoms with Gasteiger partial charge in [0.2, 0.25) is 0 Å². The van der Waals surface area contributed by atoms with Crippen molar-refractivity contribution in [2.75, 3.05) is 0 Å². The summed E-state index contributed by atoms with van der Waals surface area (Å²) in [6.45, 7) is 22.6. The van der Waals surface area contributed by atoms with Crippen LogP contribution in [0.15, 0.2) is 0 Å². The van der Waals surface area contributed by atoms with Crippen molar-refractivity contribution in [1.29, 1.82) is 0 Å². The zero-order chi connectivity index (χ0) is 22.5. The molecule has 0 N–H and O–H groups in total. The molecule has 1 fully saturated rings. The van der Waals surface area contributed by atoms with E-state index in [0.717, 1.165) is 25.7 Å². The Balaban J connectivity index is 1.97. The van der Waals surface area contributed by atoms with E-state index in [1.54, 1.807) is 0 Å². The van der Waals surface area contributed by atoms with E-state index < -0.39 is 0 Å². The molecule has 1 nitrogen and oxygen atoms in total. The van der Waals surface area contributed by atoms with Crippen LogP contribution in [0.1, 0.15) is 79.6 Å². The summed E-state index contributed by atoms with van der Waals surface area (Å²) in [4.78, 5) is 12.6. The van der Waals surface area contributed by atoms with E-state index >= 15 is 0 Å². The SMILES string of the molecule is Cc1c(C)c(C)c(CC2CC(=O)CC2Cc2c(C)c(C)c(C)c(C)c2C)c(C)c1C. The summed E-state index contributed by atoms with van der Waals surface area (Å²) in [5.74, 6) is 1.37. The zero-order valence-corrected chi connectivity index (χ0v) is 20.9. The van der Waals surface area contributed by atoms with Crippen molar-refractivity contribution in [2.24, 2.45) is 11.8 Å². The molecule has 3 rings (SSSR count). The van der Waals surface area contributed by atoms with Gasteiger partial charge in [0.05, 0.1) is 0 Å². The highest BCUT2D eigenvalue weighted by molar-refractivity contribution is 5.81. The lowest BCUT2D eigenvalue weighted by molar-refractivity contribution is -0.117. The van der Waals surface area contributed by atoms with Crippen LogP contribution < -0.4 is 0 Å². The van der Waals surface area contributed by atoms with Crippen LogP contribution in [-0.2, 0) is 17.6 Å². The number of benzene rings is 2. The smallest absolute Gasteiger partial charge is 0.133 e. The Kier molecular flexibility index (Phi) is 6.33. The quantitative estimate of drug-likeness (QED) is 0.529. The van der Waals surface area contributed by atoms with Crippen molar-refractivity contribution in [3.63, 3.8) is 0 Å². The average molecular weight is 405 g/mol. The van der Waals surface area contributed by atoms with Gasteiger partial charge in [0.25, 0.3) is 0 Å². The third-order valence-electron chi connectivity index (χ3n) is 8.89. The van der Waals surface area contributed by atoms with Gasteiger partial charge in [0.1, 0.15) is 5.78 Å². The maximum absolute atomic E-state index is 12.6. The molecule has 0 radical (unpaired) electrons. The zero-order valence-electron chi connectivity index (χ0n) is 20.9. The van der Waals surface area contributed by atoms with Crippen LogP contribution in [0.3, 0.4) is 0 Å². The standard InChI is InChI=1S/C29H40O/c1-15-17(3)21(7)28(22(8)18(15)4)13-25-11-27(30)12-26(25)14-29-23(9)19(5)16(2)20(6)24(29)10/h25-26H,11-14H2,1-10H3. The summed E-state index contributed by atoms with van der Waals surface area (Å²) in [6.07, 6.45) is 3.57. The Morgan fingerprint density at radius 3 is 0.967 bits per heavy atom. The molecule has 0 aliphatic heterocycles. The fourth-order valence-electron chi connectivity index (χ4n) is 5.77. The Morgan fingerprint density at radius 2 is 0.700 bits per heavy atom. The predicted molar refractivity (Wildman–Crippen MR) is 129 cm³/mol. The van der Waals surface area contributed by atoms with Gasteiger partial charge in [0.15, 0.2) is 0 Å². The molecule has 1 saturated carbocycles. The van der Waals surface area contributed by atoms with E-state index in [2.05, 4.69) is 69.2 Å². The Morgan fingerprint density at radius 1 is 0.467 bits per heavy atom. The monoisotopic (exact) mass is 404 g/mol. The van der Waals surface area contributed by atoms with E-state index in [-0.39, 0.29) is 0 Å². The van der Waals surface area contributed by atoms with Crippen LogP contribution in [0, 0.1) is 81.1 Å². The van der Waals surface area contributed by atoms with Crippen LogP contribution in [-0.4, -0.2) is 5.78 Å². The number of carbonyl (C=O) groups excluding carboxylic acids is 1. The van der Waals surface area contributed by atoms with E-state index in [9.17, 15) is 4.79 Å². The lowest BCUT2D eigenvalue weighted by Gasteiger charge is -2.26. The summed E-state index contributed by atoms with van der Waals surface area (Å²) < 4.78 is 0. The number of Topliss-reactive ketones (excluding diaryl/α,β-unsaturated/α-hetero) is 1. The third-order valence-corrected chi connectivity index (χ3v) is 8.89. The molecule has 0 heterocycles. The number of hydrogen-bond acceptors (Lipinski definition) is 1. The molecule has 2 atom stereocenters. The van der Waals surface area contributed by atoms with Gasteiger partial charge in [-0.15, -0.1) is 0 Å². The fourth-order valence-corrected chi connectivity index (χ4v) is 5.77. The topological polar surface area (TPSA) is 17.1 Å². The van der Waals surface area contributed by atoms with Crippen LogP contribution in [0.4, 0.5) is 0 Å². The maximum atomic E-state index is 12.6. The minimum atomic E-state index is 0.455. The molecule has 2 aromatic rings. The van der Waals surface area contributed by atoms with Crippen molar-refractivity contribution < 1.29 is 4.79 Å². The minimum Gasteiger partial charge on any atom is -0.300 e. The Hall–Kier alpha value is -1.89. The van der Waals surface area contributed by atoms with Crippen LogP contribution >= 0.6 is 0 Å². The van der Waals surface area contributed by atoms with Gasteiger partial charge in [-0.25, -0.2) is 0 Å². The van der Waals surface area contributed by atoms with Gasteiger partial charge in [-0.05, 0) is 161 Å². The second-order valence-corrected chi connectivity index (χ2v) is 10.1. The number of hydrogen-bond donors (Lipinski definition) is 0. The van der Waals surface area contributed by atoms with E-state index in [4.69, 9.17) is 0 Å². The molecule has 2 aromatic carbocycles. The van der Waals surface area contributed by atoms with Crippen LogP contribution in [0.5, 0.6) is 0 Å². The number of ketones is 1. The first kappa shape index (κ1) is 22.8. The van der Waals surface area contributed by atoms with Crippen molar-refractivity contribution >= 4 is 5.78 Å². The van der Waals surface area contributed by atoms with Crippen molar-refractivity contribution in [3.05, 3.63) is 66.8 Å². The van der Waals surface area contributed by atoms with Gasteiger partial charge in [-0.3, -0.25) is 4.79 Å². The Bertz CT molecular complexity index is 882. The third kappa shape index (κ3) is 3.77. The van der Waals surface area contributed by atoms with E-state index in [1.165, 1.54) is 66.8 Å². The highest BCUT2D eigenvalue weighted by Crippen LogP contribution is 2.39. The largest absolute Gasteiger partial charge is 0.300 e. The number of rotatable bonds is 4. The molecule has 0 spiro atoms. The first-order valence-corrected chi connectivity index (χ1v) is 11.6. The molecule has 1 aliphatic rings. The summed E-state index contributed by atoms with van der Waals surface area (Å²) >= 11 is 0. The van der Waals surface area contributed by atoms with Gasteiger partial charge < -0.3 is 0 Å². The molecule has 0 aromatic heterocycles. The molecule has 2 unspecified atom stereocenters. The number of carbonyl (C=O) groups is 1. The van der Waals surface area contributed by atoms with Crippen LogP contribution in [0.2, 0.25) is 0 Å². The molecule has 162 valence electrons. The fraction of sp³-hybridized carbons (Fsp3) is 0.552. The minimum absolute atomic E-state index is 0.455. The molecular formula is C29H40O. The second kappa shape index (κ2) is 8.33. The molecule has 0 bridgehead atoms. The molecule has 30 heavy (non-hydrogen) atoms. The summed E-state index contributed by atoms with van der Waals surface area (Å²) in [6, 6.07) is 0. The van der Waals surface area contributed by atoms with Gasteiger partial charge in [-0.1, -0.05) is 0 Å². The first-order valence-electron chi connectivity index (χ1n) is 11.6. The maximum Gasteiger partial charge on any atom is 0.133 e. The Labute approximate surface area is 184 Å². The molecular weight excluding hydrogens is 364 g/mol. The summed E-state index contributed by atoms with van der Waals surface area (Å²) in [5.41, 5.74) is 17.2. The lowest BCUT2D eigenvalue weighted by Crippen LogP contribution is -2.17. The van der Waals surface area contributed by atoms with E-state index in [0.29, 0.717) is 17.6 Å². The highest BCUT2D eigenvalue weighted by Gasteiger charge is 2.34. The van der Waals surface area contributed by atoms with Crippen LogP contribution in [0.25, 0.3) is 0 Å². The van der Waals surface area contributed by atoms with Crippen molar-refractivity contribution in [3.8, 4) is 0 Å². The lowest BCUT2D eigenvalue weighted by atomic mass is 9.78. The summed E-state index contributed by atoms with van der Waals surface area (Å²) in [5, 5.41) is 0. The van der Waals surface area contributed by atoms with Gasteiger partial charge in [0, 0.05) is 12.8 Å². The van der Waals surface area contributed by atoms with E-state index in [1.807, 2.05) is 0 Å². The molecule has 0 amide bonds. The van der Waals surface area contributed by atoms with Gasteiger partial charge in [-0.2, -0.15) is 0 Å². The predicted octanol–water partition coefficient (Wildman–Crippen LogP) is 7.15. The molecule has 1 heteroatoms. The van der Waals surface area contributed by atoms with Crippen molar-refractivity contribution in [1.82, 2.24) is 0 Å². The molecule has 0 saturated heterocycles. The normalized spacial score (nSPS) is 19.1. The average Bonchev–Trinajstić information content (AvgIpc) is 3.07. The molecule has 1 aliphatic carbocycles. The summed E-state index contributed by atoms with van der Waals surface area (Å²) in [7, 11) is 0. The second-order valence-electron chi connectivity index (χ2n) is 10.1. The first-order chi connectivity index (χ1) is 14.0.